The summed E-state index contributed by atoms with van der Waals surface area (Å²) in [5.41, 5.74) is 3.77. The van der Waals surface area contributed by atoms with Crippen LogP contribution in [0, 0.1) is 11.3 Å². The number of hydrogen-bond donors (Lipinski definition) is 1. The number of esters is 1. The molecule has 0 unspecified atom stereocenters. The zero-order valence-corrected chi connectivity index (χ0v) is 24.6. The summed E-state index contributed by atoms with van der Waals surface area (Å²) in [5, 5.41) is 14.0. The first-order chi connectivity index (χ1) is 19.9. The number of methoxy groups -OCH3 is 2. The minimum atomic E-state index is -0.505. The number of nitrogens with zero attached hydrogens (tertiary/aromatic N) is 4. The van der Waals surface area contributed by atoms with E-state index in [4.69, 9.17) is 14.5 Å². The van der Waals surface area contributed by atoms with Crippen molar-refractivity contribution in [2.45, 2.75) is 18.4 Å². The molecular formula is C30H27N5O4S2. The maximum atomic E-state index is 14.1. The summed E-state index contributed by atoms with van der Waals surface area (Å²) in [6, 6.07) is 20.7. The molecule has 5 rings (SSSR count). The molecule has 0 saturated carbocycles. The van der Waals surface area contributed by atoms with Gasteiger partial charge in [0.2, 0.25) is 0 Å². The van der Waals surface area contributed by atoms with Gasteiger partial charge in [-0.25, -0.2) is 9.79 Å². The van der Waals surface area contributed by atoms with Crippen LogP contribution in [0.5, 0.6) is 5.75 Å². The number of carbonyl (C=O) groups is 2. The van der Waals surface area contributed by atoms with Gasteiger partial charge in [-0.3, -0.25) is 9.69 Å². The van der Waals surface area contributed by atoms with Crippen LogP contribution in [-0.4, -0.2) is 49.8 Å². The molecule has 3 aromatic rings. The summed E-state index contributed by atoms with van der Waals surface area (Å²) < 4.78 is 10.6. The summed E-state index contributed by atoms with van der Waals surface area (Å²) in [4.78, 5) is 36.3. The lowest BCUT2D eigenvalue weighted by molar-refractivity contribution is -0.122. The largest absolute Gasteiger partial charge is 0.494 e. The fraction of sp³-hybridized carbons (Fsp3) is 0.200. The summed E-state index contributed by atoms with van der Waals surface area (Å²) in [6.45, 7) is 2.99. The Hall–Kier alpha value is -4.40. The Labute approximate surface area is 246 Å². The molecule has 2 aliphatic heterocycles. The molecule has 0 spiro atoms. The van der Waals surface area contributed by atoms with Crippen molar-refractivity contribution in [1.29, 1.82) is 5.26 Å². The maximum absolute atomic E-state index is 14.1. The van der Waals surface area contributed by atoms with Crippen molar-refractivity contribution in [2.75, 3.05) is 38.0 Å². The first-order valence-corrected chi connectivity index (χ1v) is 14.4. The minimum absolute atomic E-state index is 0.187. The first-order valence-electron chi connectivity index (χ1n) is 12.8. The number of amides is 1. The van der Waals surface area contributed by atoms with Crippen LogP contribution in [0.1, 0.15) is 28.4 Å². The molecule has 41 heavy (non-hydrogen) atoms. The molecule has 2 heterocycles. The first kappa shape index (κ1) is 28.1. The van der Waals surface area contributed by atoms with Gasteiger partial charge in [0, 0.05) is 18.5 Å². The molecule has 1 amide bonds. The Kier molecular flexibility index (Phi) is 8.23. The van der Waals surface area contributed by atoms with Gasteiger partial charge in [0.25, 0.3) is 5.91 Å². The standard InChI is InChI=1S/C30H27N5O4S2/c1-5-32-21-13-11-19(16-31)15-22(21)33-30-35(17-18-9-7-6-8-10-18)27(36)26(41-30)28-34(2)24-23(40-28)14-12-20(25(24)38-3)29(37)39-4/h6-15,32H,5,17H2,1-4H3. The van der Waals surface area contributed by atoms with E-state index < -0.39 is 5.97 Å². The maximum Gasteiger partial charge on any atom is 0.341 e. The van der Waals surface area contributed by atoms with Crippen LogP contribution < -0.4 is 15.0 Å². The fourth-order valence-electron chi connectivity index (χ4n) is 4.56. The van der Waals surface area contributed by atoms with Gasteiger partial charge in [-0.05, 0) is 54.6 Å². The van der Waals surface area contributed by atoms with Crippen molar-refractivity contribution in [2.24, 2.45) is 4.99 Å². The van der Waals surface area contributed by atoms with Crippen LogP contribution in [0.4, 0.5) is 17.1 Å². The molecule has 0 atom stereocenters. The monoisotopic (exact) mass is 585 g/mol. The highest BCUT2D eigenvalue weighted by Gasteiger charge is 2.40. The highest BCUT2D eigenvalue weighted by molar-refractivity contribution is 8.19. The summed E-state index contributed by atoms with van der Waals surface area (Å²) in [6.07, 6.45) is 0. The van der Waals surface area contributed by atoms with Crippen molar-refractivity contribution in [3.8, 4) is 11.8 Å². The zero-order chi connectivity index (χ0) is 29.1. The Morgan fingerprint density at radius 1 is 1.10 bits per heavy atom. The second-order valence-electron chi connectivity index (χ2n) is 9.03. The van der Waals surface area contributed by atoms with Crippen molar-refractivity contribution in [1.82, 2.24) is 4.90 Å². The SMILES string of the molecule is CCNc1ccc(C#N)cc1N=C1SC(=C2Sc3ccc(C(=O)OC)c(OC)c3N2C)C(=O)N1Cc1ccccc1. The predicted octanol–water partition coefficient (Wildman–Crippen LogP) is 5.96. The van der Waals surface area contributed by atoms with Crippen LogP contribution in [0.25, 0.3) is 0 Å². The number of ether oxygens (including phenoxy) is 2. The van der Waals surface area contributed by atoms with E-state index in [2.05, 4.69) is 11.4 Å². The van der Waals surface area contributed by atoms with Crippen molar-refractivity contribution >= 4 is 57.6 Å². The molecule has 0 aromatic heterocycles. The molecule has 9 nitrogen and oxygen atoms in total. The van der Waals surface area contributed by atoms with E-state index in [1.54, 1.807) is 23.1 Å². The van der Waals surface area contributed by atoms with Gasteiger partial charge >= 0.3 is 5.97 Å². The summed E-state index contributed by atoms with van der Waals surface area (Å²) >= 11 is 2.71. The van der Waals surface area contributed by atoms with E-state index >= 15 is 0 Å². The molecule has 1 fully saturated rings. The van der Waals surface area contributed by atoms with E-state index in [1.165, 1.54) is 37.7 Å². The van der Waals surface area contributed by atoms with Gasteiger partial charge in [-0.15, -0.1) is 0 Å². The van der Waals surface area contributed by atoms with Gasteiger partial charge in [-0.2, -0.15) is 5.26 Å². The van der Waals surface area contributed by atoms with E-state index in [1.807, 2.05) is 61.3 Å². The lowest BCUT2D eigenvalue weighted by Crippen LogP contribution is -2.29. The van der Waals surface area contributed by atoms with Crippen LogP contribution in [0.15, 0.2) is 80.5 Å². The molecule has 1 N–H and O–H groups in total. The van der Waals surface area contributed by atoms with E-state index in [-0.39, 0.29) is 5.91 Å². The number of rotatable bonds is 7. The molecule has 0 radical (unpaired) electrons. The summed E-state index contributed by atoms with van der Waals surface area (Å²) in [7, 11) is 4.67. The normalized spacial score (nSPS) is 17.0. The van der Waals surface area contributed by atoms with Gasteiger partial charge in [0.15, 0.2) is 10.9 Å². The molecule has 0 aliphatic carbocycles. The van der Waals surface area contributed by atoms with Crippen molar-refractivity contribution < 1.29 is 19.1 Å². The Balaban J connectivity index is 1.61. The number of nitriles is 1. The number of amidine groups is 1. The predicted molar refractivity (Wildman–Crippen MR) is 163 cm³/mol. The van der Waals surface area contributed by atoms with Gasteiger partial charge in [-0.1, -0.05) is 42.1 Å². The van der Waals surface area contributed by atoms with Crippen LogP contribution in [0.2, 0.25) is 0 Å². The number of nitrogens with one attached hydrogen (secondary N) is 1. The minimum Gasteiger partial charge on any atom is -0.494 e. The molecular weight excluding hydrogens is 558 g/mol. The molecule has 3 aromatic carbocycles. The molecule has 208 valence electrons. The van der Waals surface area contributed by atoms with E-state index in [0.29, 0.717) is 56.4 Å². The fourth-order valence-corrected chi connectivity index (χ4v) is 6.90. The second kappa shape index (κ2) is 12.0. The van der Waals surface area contributed by atoms with Gasteiger partial charge < -0.3 is 19.7 Å². The number of aliphatic imine (C=N–C) groups is 1. The number of benzene rings is 3. The molecule has 0 bridgehead atoms. The third-order valence-electron chi connectivity index (χ3n) is 6.50. The zero-order valence-electron chi connectivity index (χ0n) is 22.9. The highest BCUT2D eigenvalue weighted by Crippen LogP contribution is 2.54. The summed E-state index contributed by atoms with van der Waals surface area (Å²) in [5.74, 6) is -0.308. The van der Waals surface area contributed by atoms with Crippen LogP contribution in [-0.2, 0) is 16.1 Å². The van der Waals surface area contributed by atoms with Gasteiger partial charge in [0.1, 0.15) is 10.5 Å². The Bertz CT molecular complexity index is 1630. The number of fused-ring (bicyclic) bond motifs is 1. The van der Waals surface area contributed by atoms with E-state index in [9.17, 15) is 14.9 Å². The third-order valence-corrected chi connectivity index (χ3v) is 8.92. The second-order valence-corrected chi connectivity index (χ2v) is 11.0. The quantitative estimate of drug-likeness (QED) is 0.265. The van der Waals surface area contributed by atoms with E-state index in [0.717, 1.165) is 16.1 Å². The number of hydrogen-bond acceptors (Lipinski definition) is 10. The number of anilines is 2. The third kappa shape index (κ3) is 5.36. The average molecular weight is 586 g/mol. The lowest BCUT2D eigenvalue weighted by Gasteiger charge is -2.19. The molecule has 2 aliphatic rings. The van der Waals surface area contributed by atoms with Crippen LogP contribution in [0.3, 0.4) is 0 Å². The smallest absolute Gasteiger partial charge is 0.341 e. The highest BCUT2D eigenvalue weighted by atomic mass is 32.2. The number of thioether (sulfide) groups is 2. The average Bonchev–Trinajstić information content (AvgIpc) is 3.49. The molecule has 1 saturated heterocycles. The Morgan fingerprint density at radius 2 is 1.88 bits per heavy atom. The lowest BCUT2D eigenvalue weighted by atomic mass is 10.1. The molecule has 11 heteroatoms. The Morgan fingerprint density at radius 3 is 2.56 bits per heavy atom. The van der Waals surface area contributed by atoms with Crippen molar-refractivity contribution in [3.63, 3.8) is 0 Å². The van der Waals surface area contributed by atoms with Crippen LogP contribution >= 0.6 is 23.5 Å². The topological polar surface area (TPSA) is 107 Å². The van der Waals surface area contributed by atoms with Gasteiger partial charge in [0.05, 0.1) is 54.5 Å². The number of carbonyl (C=O) groups excluding carboxylic acids is 2. The van der Waals surface area contributed by atoms with Crippen molar-refractivity contribution in [3.05, 3.63) is 87.3 Å².